The van der Waals surface area contributed by atoms with Crippen LogP contribution in [-0.4, -0.2) is 29.3 Å². The number of hydrogen-bond acceptors (Lipinski definition) is 6. The first-order valence-electron chi connectivity index (χ1n) is 9.62. The van der Waals surface area contributed by atoms with E-state index in [0.29, 0.717) is 36.2 Å². The average Bonchev–Trinajstić information content (AvgIpc) is 3.17. The van der Waals surface area contributed by atoms with Crippen LogP contribution < -0.4 is 14.8 Å². The normalized spacial score (nSPS) is 13.9. The molecule has 0 fully saturated rings. The van der Waals surface area contributed by atoms with Gasteiger partial charge in [-0.3, -0.25) is 4.79 Å². The Morgan fingerprint density at radius 2 is 1.76 bits per heavy atom. The highest BCUT2D eigenvalue weighted by Crippen LogP contribution is 2.34. The Morgan fingerprint density at radius 1 is 1.03 bits per heavy atom. The second kappa shape index (κ2) is 7.95. The monoisotopic (exact) mass is 393 g/mol. The minimum absolute atomic E-state index is 0.146. The van der Waals surface area contributed by atoms with Gasteiger partial charge in [0.1, 0.15) is 13.2 Å². The Kier molecular flexibility index (Phi) is 5.20. The Hall–Kier alpha value is -3.35. The lowest BCUT2D eigenvalue weighted by atomic mass is 9.95. The highest BCUT2D eigenvalue weighted by atomic mass is 16.6. The summed E-state index contributed by atoms with van der Waals surface area (Å²) >= 11 is 0. The lowest BCUT2D eigenvalue weighted by Gasteiger charge is -2.25. The number of hydrogen-bond donors (Lipinski definition) is 1. The third-order valence-electron chi connectivity index (χ3n) is 4.80. The zero-order chi connectivity index (χ0) is 20.4. The summed E-state index contributed by atoms with van der Waals surface area (Å²) in [5, 5.41) is 6.92. The number of amides is 1. The van der Waals surface area contributed by atoms with E-state index in [0.717, 1.165) is 16.9 Å². The van der Waals surface area contributed by atoms with Crippen molar-refractivity contribution in [3.05, 3.63) is 59.4 Å². The summed E-state index contributed by atoms with van der Waals surface area (Å²) in [6.07, 6.45) is 0. The summed E-state index contributed by atoms with van der Waals surface area (Å²) in [5.41, 5.74) is 2.32. The molecule has 1 aliphatic heterocycles. The SMILES string of the molecule is Cc1noc(-c2ccc(C(=O)N[C@H](c3ccc4c(c3)OCCO4)C(C)C)cc2)n1. The van der Waals surface area contributed by atoms with Crippen LogP contribution in [0.3, 0.4) is 0 Å². The lowest BCUT2D eigenvalue weighted by Crippen LogP contribution is -2.31. The molecule has 2 aromatic carbocycles. The summed E-state index contributed by atoms with van der Waals surface area (Å²) in [6, 6.07) is 12.8. The number of ether oxygens (including phenoxy) is 2. The van der Waals surface area contributed by atoms with Gasteiger partial charge < -0.3 is 19.3 Å². The van der Waals surface area contributed by atoms with Crippen LogP contribution in [0.25, 0.3) is 11.5 Å². The molecule has 1 amide bonds. The molecule has 1 atom stereocenters. The van der Waals surface area contributed by atoms with E-state index in [2.05, 4.69) is 29.3 Å². The standard InChI is InChI=1S/C22H23N3O4/c1-13(2)20(17-8-9-18-19(12-17)28-11-10-27-18)24-21(26)15-4-6-16(7-5-15)22-23-14(3)25-29-22/h4-9,12-13,20H,10-11H2,1-3H3,(H,24,26)/t20-/m0/s1. The van der Waals surface area contributed by atoms with E-state index in [4.69, 9.17) is 14.0 Å². The van der Waals surface area contributed by atoms with Crippen molar-refractivity contribution < 1.29 is 18.8 Å². The molecule has 0 unspecified atom stereocenters. The minimum Gasteiger partial charge on any atom is -0.486 e. The van der Waals surface area contributed by atoms with Crippen molar-refractivity contribution in [3.8, 4) is 23.0 Å². The number of fused-ring (bicyclic) bond motifs is 1. The van der Waals surface area contributed by atoms with Gasteiger partial charge in [0, 0.05) is 11.1 Å². The molecule has 0 aliphatic carbocycles. The fourth-order valence-electron chi connectivity index (χ4n) is 3.29. The molecular formula is C22H23N3O4. The van der Waals surface area contributed by atoms with Gasteiger partial charge in [-0.05, 0) is 54.8 Å². The maximum absolute atomic E-state index is 12.9. The molecule has 150 valence electrons. The largest absolute Gasteiger partial charge is 0.486 e. The van der Waals surface area contributed by atoms with Gasteiger partial charge in [0.05, 0.1) is 6.04 Å². The minimum atomic E-state index is -0.156. The summed E-state index contributed by atoms with van der Waals surface area (Å²) < 4.78 is 16.4. The average molecular weight is 393 g/mol. The molecule has 1 N–H and O–H groups in total. The molecule has 0 bridgehead atoms. The number of aromatic nitrogens is 2. The van der Waals surface area contributed by atoms with Crippen molar-refractivity contribution in [1.82, 2.24) is 15.5 Å². The van der Waals surface area contributed by atoms with Crippen LogP contribution in [0.15, 0.2) is 47.0 Å². The fourth-order valence-corrected chi connectivity index (χ4v) is 3.29. The van der Waals surface area contributed by atoms with E-state index in [1.807, 2.05) is 18.2 Å². The van der Waals surface area contributed by atoms with Crippen molar-refractivity contribution in [2.45, 2.75) is 26.8 Å². The molecular weight excluding hydrogens is 370 g/mol. The second-order valence-electron chi connectivity index (χ2n) is 7.32. The first-order valence-corrected chi connectivity index (χ1v) is 9.62. The summed E-state index contributed by atoms with van der Waals surface area (Å²) in [6.45, 7) is 6.99. The molecule has 3 aromatic rings. The summed E-state index contributed by atoms with van der Waals surface area (Å²) in [4.78, 5) is 17.1. The molecule has 1 aromatic heterocycles. The van der Waals surface area contributed by atoms with Gasteiger partial charge in [-0.1, -0.05) is 25.1 Å². The predicted octanol–water partition coefficient (Wildman–Crippen LogP) is 3.94. The smallest absolute Gasteiger partial charge is 0.257 e. The van der Waals surface area contributed by atoms with E-state index >= 15 is 0 Å². The number of benzene rings is 2. The van der Waals surface area contributed by atoms with E-state index in [1.54, 1.807) is 31.2 Å². The van der Waals surface area contributed by atoms with E-state index in [9.17, 15) is 4.79 Å². The Morgan fingerprint density at radius 3 is 2.41 bits per heavy atom. The van der Waals surface area contributed by atoms with E-state index < -0.39 is 0 Å². The Labute approximate surface area is 169 Å². The van der Waals surface area contributed by atoms with Gasteiger partial charge in [0.15, 0.2) is 17.3 Å². The first-order chi connectivity index (χ1) is 14.0. The Bertz CT molecular complexity index is 1010. The molecule has 0 saturated heterocycles. The maximum atomic E-state index is 12.9. The Balaban J connectivity index is 1.52. The van der Waals surface area contributed by atoms with Gasteiger partial charge in [-0.2, -0.15) is 4.98 Å². The van der Waals surface area contributed by atoms with Crippen LogP contribution in [0.1, 0.15) is 41.6 Å². The maximum Gasteiger partial charge on any atom is 0.257 e. The van der Waals surface area contributed by atoms with Crippen LogP contribution in [0, 0.1) is 12.8 Å². The van der Waals surface area contributed by atoms with Gasteiger partial charge in [-0.15, -0.1) is 0 Å². The lowest BCUT2D eigenvalue weighted by molar-refractivity contribution is 0.0925. The summed E-state index contributed by atoms with van der Waals surface area (Å²) in [5.74, 6) is 2.51. The molecule has 29 heavy (non-hydrogen) atoms. The molecule has 2 heterocycles. The first kappa shape index (κ1) is 19.0. The van der Waals surface area contributed by atoms with E-state index in [1.165, 1.54) is 0 Å². The number of carbonyl (C=O) groups is 1. The number of nitrogens with zero attached hydrogens (tertiary/aromatic N) is 2. The van der Waals surface area contributed by atoms with Crippen LogP contribution >= 0.6 is 0 Å². The fraction of sp³-hybridized carbons (Fsp3) is 0.318. The zero-order valence-corrected chi connectivity index (χ0v) is 16.6. The number of rotatable bonds is 5. The molecule has 1 aliphatic rings. The highest BCUT2D eigenvalue weighted by Gasteiger charge is 2.22. The van der Waals surface area contributed by atoms with Crippen LogP contribution in [0.2, 0.25) is 0 Å². The zero-order valence-electron chi connectivity index (χ0n) is 16.6. The third-order valence-corrected chi connectivity index (χ3v) is 4.80. The number of carbonyl (C=O) groups excluding carboxylic acids is 1. The van der Waals surface area contributed by atoms with Crippen molar-refractivity contribution >= 4 is 5.91 Å². The number of aryl methyl sites for hydroxylation is 1. The molecule has 7 heteroatoms. The third kappa shape index (κ3) is 4.08. The molecule has 0 radical (unpaired) electrons. The molecule has 4 rings (SSSR count). The van der Waals surface area contributed by atoms with E-state index in [-0.39, 0.29) is 17.9 Å². The topological polar surface area (TPSA) is 86.5 Å². The second-order valence-corrected chi connectivity index (χ2v) is 7.32. The van der Waals surface area contributed by atoms with Crippen molar-refractivity contribution in [2.75, 3.05) is 13.2 Å². The quantitative estimate of drug-likeness (QED) is 0.706. The van der Waals surface area contributed by atoms with Crippen LogP contribution in [0.5, 0.6) is 11.5 Å². The summed E-state index contributed by atoms with van der Waals surface area (Å²) in [7, 11) is 0. The van der Waals surface area contributed by atoms with Crippen molar-refractivity contribution in [3.63, 3.8) is 0 Å². The van der Waals surface area contributed by atoms with Gasteiger partial charge in [0.2, 0.25) is 0 Å². The number of nitrogens with one attached hydrogen (secondary N) is 1. The molecule has 0 spiro atoms. The predicted molar refractivity (Wildman–Crippen MR) is 107 cm³/mol. The molecule has 7 nitrogen and oxygen atoms in total. The van der Waals surface area contributed by atoms with Gasteiger partial charge >= 0.3 is 0 Å². The van der Waals surface area contributed by atoms with Gasteiger partial charge in [0.25, 0.3) is 11.8 Å². The molecule has 0 saturated carbocycles. The van der Waals surface area contributed by atoms with Gasteiger partial charge in [-0.25, -0.2) is 0 Å². The van der Waals surface area contributed by atoms with Crippen LogP contribution in [-0.2, 0) is 0 Å². The van der Waals surface area contributed by atoms with Crippen molar-refractivity contribution in [1.29, 1.82) is 0 Å². The van der Waals surface area contributed by atoms with Crippen LogP contribution in [0.4, 0.5) is 0 Å². The highest BCUT2D eigenvalue weighted by molar-refractivity contribution is 5.94. The van der Waals surface area contributed by atoms with Crippen molar-refractivity contribution in [2.24, 2.45) is 5.92 Å².